The van der Waals surface area contributed by atoms with E-state index in [1.807, 2.05) is 29.2 Å². The van der Waals surface area contributed by atoms with Gasteiger partial charge in [-0.05, 0) is 31.0 Å². The van der Waals surface area contributed by atoms with Crippen molar-refractivity contribution in [1.29, 1.82) is 0 Å². The molecule has 0 unspecified atom stereocenters. The fraction of sp³-hybridized carbons (Fsp3) is 0.421. The van der Waals surface area contributed by atoms with Crippen LogP contribution >= 0.6 is 0 Å². The molecule has 0 radical (unpaired) electrons. The molecule has 1 amide bonds. The molecule has 0 saturated carbocycles. The van der Waals surface area contributed by atoms with Gasteiger partial charge in [-0.1, -0.05) is 25.0 Å². The number of benzene rings is 1. The van der Waals surface area contributed by atoms with Gasteiger partial charge in [-0.2, -0.15) is 5.10 Å². The summed E-state index contributed by atoms with van der Waals surface area (Å²) >= 11 is 0. The van der Waals surface area contributed by atoms with Crippen LogP contribution in [0.25, 0.3) is 11.3 Å². The van der Waals surface area contributed by atoms with Crippen LogP contribution in [0.3, 0.4) is 0 Å². The monoisotopic (exact) mass is 341 g/mol. The van der Waals surface area contributed by atoms with Crippen molar-refractivity contribution in [3.8, 4) is 17.0 Å². The third-order valence-electron chi connectivity index (χ3n) is 4.48. The van der Waals surface area contributed by atoms with Crippen molar-refractivity contribution in [2.75, 3.05) is 20.2 Å². The number of aromatic nitrogens is 2. The van der Waals surface area contributed by atoms with Crippen LogP contribution in [0.1, 0.15) is 25.7 Å². The molecule has 6 heteroatoms. The molecule has 132 valence electrons. The number of carbonyl (C=O) groups excluding carboxylic acids is 1. The summed E-state index contributed by atoms with van der Waals surface area (Å²) in [4.78, 5) is 26.5. The van der Waals surface area contributed by atoms with Gasteiger partial charge in [0.25, 0.3) is 5.56 Å². The Kier molecular flexibility index (Phi) is 5.48. The van der Waals surface area contributed by atoms with E-state index < -0.39 is 0 Å². The normalized spacial score (nSPS) is 14.8. The molecule has 1 aliphatic rings. The molecule has 1 aliphatic heterocycles. The number of likely N-dealkylation sites (tertiary alicyclic amines) is 1. The zero-order valence-corrected chi connectivity index (χ0v) is 14.5. The molecular formula is C19H23N3O3. The maximum atomic E-state index is 12.5. The average Bonchev–Trinajstić information content (AvgIpc) is 2.93. The number of rotatable bonds is 4. The van der Waals surface area contributed by atoms with Crippen molar-refractivity contribution in [3.63, 3.8) is 0 Å². The van der Waals surface area contributed by atoms with Gasteiger partial charge in [-0.15, -0.1) is 0 Å². The highest BCUT2D eigenvalue weighted by molar-refractivity contribution is 5.76. The van der Waals surface area contributed by atoms with Crippen molar-refractivity contribution < 1.29 is 9.53 Å². The molecule has 0 atom stereocenters. The highest BCUT2D eigenvalue weighted by atomic mass is 16.5. The Morgan fingerprint density at radius 3 is 2.60 bits per heavy atom. The first-order chi connectivity index (χ1) is 12.2. The van der Waals surface area contributed by atoms with Crippen LogP contribution in [0.4, 0.5) is 0 Å². The lowest BCUT2D eigenvalue weighted by atomic mass is 10.1. The van der Waals surface area contributed by atoms with Crippen LogP contribution in [0.5, 0.6) is 5.75 Å². The van der Waals surface area contributed by atoms with E-state index in [-0.39, 0.29) is 18.0 Å². The summed E-state index contributed by atoms with van der Waals surface area (Å²) in [6, 6.07) is 10.6. The lowest BCUT2D eigenvalue weighted by Gasteiger charge is -2.20. The highest BCUT2D eigenvalue weighted by Gasteiger charge is 2.17. The van der Waals surface area contributed by atoms with Gasteiger partial charge < -0.3 is 9.64 Å². The molecule has 0 spiro atoms. The lowest BCUT2D eigenvalue weighted by Crippen LogP contribution is -2.37. The SMILES string of the molecule is COc1cccc(-c2ccc(=O)n(CC(=O)N3CCCCCC3)n2)c1. The Morgan fingerprint density at radius 1 is 1.12 bits per heavy atom. The van der Waals surface area contributed by atoms with Gasteiger partial charge in [-0.25, -0.2) is 4.68 Å². The van der Waals surface area contributed by atoms with Crippen molar-refractivity contribution in [2.45, 2.75) is 32.2 Å². The number of carbonyl (C=O) groups is 1. The fourth-order valence-corrected chi connectivity index (χ4v) is 3.05. The minimum atomic E-state index is -0.269. The minimum absolute atomic E-state index is 0.0172. The molecule has 25 heavy (non-hydrogen) atoms. The largest absolute Gasteiger partial charge is 0.497 e. The first kappa shape index (κ1) is 17.2. The van der Waals surface area contributed by atoms with E-state index in [1.54, 1.807) is 13.2 Å². The lowest BCUT2D eigenvalue weighted by molar-refractivity contribution is -0.132. The van der Waals surface area contributed by atoms with E-state index in [9.17, 15) is 9.59 Å². The van der Waals surface area contributed by atoms with Gasteiger partial charge in [-0.3, -0.25) is 9.59 Å². The second-order valence-electron chi connectivity index (χ2n) is 6.24. The molecule has 1 aromatic heterocycles. The van der Waals surface area contributed by atoms with Crippen LogP contribution < -0.4 is 10.3 Å². The Bertz CT molecular complexity index is 792. The first-order valence-corrected chi connectivity index (χ1v) is 8.68. The molecule has 6 nitrogen and oxygen atoms in total. The highest BCUT2D eigenvalue weighted by Crippen LogP contribution is 2.21. The predicted molar refractivity (Wildman–Crippen MR) is 95.5 cm³/mol. The zero-order valence-electron chi connectivity index (χ0n) is 14.5. The first-order valence-electron chi connectivity index (χ1n) is 8.68. The third kappa shape index (κ3) is 4.26. The van der Waals surface area contributed by atoms with E-state index in [0.29, 0.717) is 5.69 Å². The molecule has 3 rings (SSSR count). The zero-order chi connectivity index (χ0) is 17.6. The molecular weight excluding hydrogens is 318 g/mol. The second kappa shape index (κ2) is 7.96. The summed E-state index contributed by atoms with van der Waals surface area (Å²) in [5.74, 6) is 0.678. The van der Waals surface area contributed by atoms with Crippen molar-refractivity contribution >= 4 is 5.91 Å². The summed E-state index contributed by atoms with van der Waals surface area (Å²) in [5.41, 5.74) is 1.22. The smallest absolute Gasteiger partial charge is 0.267 e. The van der Waals surface area contributed by atoms with Crippen molar-refractivity contribution in [1.82, 2.24) is 14.7 Å². The predicted octanol–water partition coefficient (Wildman–Crippen LogP) is 2.32. The van der Waals surface area contributed by atoms with Gasteiger partial charge in [0.05, 0.1) is 12.8 Å². The molecule has 0 N–H and O–H groups in total. The maximum Gasteiger partial charge on any atom is 0.267 e. The van der Waals surface area contributed by atoms with Crippen LogP contribution in [0.15, 0.2) is 41.2 Å². The molecule has 1 saturated heterocycles. The van der Waals surface area contributed by atoms with Gasteiger partial charge in [0, 0.05) is 24.7 Å². The number of ether oxygens (including phenoxy) is 1. The Hall–Kier alpha value is -2.63. The number of methoxy groups -OCH3 is 1. The van der Waals surface area contributed by atoms with Crippen LogP contribution in [0.2, 0.25) is 0 Å². The van der Waals surface area contributed by atoms with Crippen LogP contribution in [-0.2, 0) is 11.3 Å². The average molecular weight is 341 g/mol. The number of nitrogens with zero attached hydrogens (tertiary/aromatic N) is 3. The Morgan fingerprint density at radius 2 is 1.88 bits per heavy atom. The number of hydrogen-bond acceptors (Lipinski definition) is 4. The summed E-state index contributed by atoms with van der Waals surface area (Å²) in [5, 5.41) is 4.38. The molecule has 0 bridgehead atoms. The minimum Gasteiger partial charge on any atom is -0.497 e. The molecule has 2 heterocycles. The Balaban J connectivity index is 1.81. The quantitative estimate of drug-likeness (QED) is 0.856. The van der Waals surface area contributed by atoms with E-state index in [1.165, 1.54) is 10.7 Å². The molecule has 1 aromatic carbocycles. The number of hydrogen-bond donors (Lipinski definition) is 0. The Labute approximate surface area is 147 Å². The van der Waals surface area contributed by atoms with E-state index >= 15 is 0 Å². The summed E-state index contributed by atoms with van der Waals surface area (Å²) in [6.45, 7) is 1.52. The fourth-order valence-electron chi connectivity index (χ4n) is 3.05. The van der Waals surface area contributed by atoms with Crippen molar-refractivity contribution in [2.24, 2.45) is 0 Å². The van der Waals surface area contributed by atoms with Gasteiger partial charge >= 0.3 is 0 Å². The van der Waals surface area contributed by atoms with Crippen LogP contribution in [0, 0.1) is 0 Å². The van der Waals surface area contributed by atoms with Gasteiger partial charge in [0.2, 0.25) is 5.91 Å². The summed E-state index contributed by atoms with van der Waals surface area (Å²) in [6.07, 6.45) is 4.37. The van der Waals surface area contributed by atoms with E-state index in [2.05, 4.69) is 5.10 Å². The topological polar surface area (TPSA) is 64.4 Å². The second-order valence-corrected chi connectivity index (χ2v) is 6.24. The molecule has 1 fully saturated rings. The number of amides is 1. The van der Waals surface area contributed by atoms with Crippen molar-refractivity contribution in [3.05, 3.63) is 46.8 Å². The summed E-state index contributed by atoms with van der Waals surface area (Å²) < 4.78 is 6.48. The standard InChI is InChI=1S/C19H23N3O3/c1-25-16-8-6-7-15(13-16)17-9-10-18(23)22(20-17)14-19(24)21-11-4-2-3-5-12-21/h6-10,13H,2-5,11-12,14H2,1H3. The van der Waals surface area contributed by atoms with Gasteiger partial charge in [0.15, 0.2) is 0 Å². The summed E-state index contributed by atoms with van der Waals surface area (Å²) in [7, 11) is 1.60. The van der Waals surface area contributed by atoms with Crippen LogP contribution in [-0.4, -0.2) is 40.8 Å². The molecule has 2 aromatic rings. The van der Waals surface area contributed by atoms with E-state index in [0.717, 1.165) is 50.1 Å². The third-order valence-corrected chi connectivity index (χ3v) is 4.48. The van der Waals surface area contributed by atoms with E-state index in [4.69, 9.17) is 4.74 Å². The molecule has 0 aliphatic carbocycles. The van der Waals surface area contributed by atoms with Gasteiger partial charge in [0.1, 0.15) is 12.3 Å². The maximum absolute atomic E-state index is 12.5.